The number of hydrogen-bond donors (Lipinski definition) is 3. The van der Waals surface area contributed by atoms with E-state index in [-0.39, 0.29) is 51.7 Å². The number of amides is 4. The van der Waals surface area contributed by atoms with Gasteiger partial charge in [0.15, 0.2) is 10.9 Å². The number of likely N-dealkylation sites (tertiary alicyclic amines) is 1. The molecule has 8 heterocycles. The molecule has 5 atom stereocenters. The Morgan fingerprint density at radius 1 is 0.854 bits per heavy atom. The number of likely N-dealkylation sites (N-methyl/N-ethyl adjacent to an activating group) is 1. The molecule has 6 aromatic rings. The SMILES string of the molecule is Cc1c(Nc2nc3ccccc3s2)nnc2c1CCC=[N+]2c1ccc(-c2cnn(CC34CC5(C)CC(OCCN(C)CCCCCCCCCCC(=O)N6CCC(c7ccc8c(c7)CN(C7CCC(=O)NC7=O)C8=O)CC6)(C3)[C@@](C)(C5)C4)c2C)c(C(=O)O)n1. The minimum atomic E-state index is -1.10. The number of carbonyl (C=O) groups is 5. The number of nitrogens with zero attached hydrogens (tertiary/aromatic N) is 10. The van der Waals surface area contributed by atoms with Crippen LogP contribution in [-0.4, -0.2) is 137 Å². The number of carboxylic acid groups (broad SMARTS) is 1. The zero-order chi connectivity index (χ0) is 61.8. The number of aromatic carboxylic acids is 1. The van der Waals surface area contributed by atoms with Gasteiger partial charge in [-0.15, -0.1) is 0 Å². The highest BCUT2D eigenvalue weighted by atomic mass is 32.1. The number of carbonyl (C=O) groups excluding carboxylic acids is 4. The van der Waals surface area contributed by atoms with Crippen LogP contribution < -0.4 is 15.2 Å². The van der Waals surface area contributed by atoms with Crippen LogP contribution in [0.2, 0.25) is 0 Å². The molecule has 0 spiro atoms. The molecule has 2 saturated heterocycles. The Morgan fingerprint density at radius 3 is 2.42 bits per heavy atom. The molecule has 4 unspecified atom stereocenters. The van der Waals surface area contributed by atoms with E-state index in [4.69, 9.17) is 19.8 Å². The first-order valence-corrected chi connectivity index (χ1v) is 33.5. The number of thiazole rings is 1. The Kier molecular flexibility index (Phi) is 16.7. The maximum atomic E-state index is 13.2. The van der Waals surface area contributed by atoms with Crippen molar-refractivity contribution in [1.82, 2.24) is 54.5 Å². The molecule has 4 bridgehead atoms. The maximum absolute atomic E-state index is 13.2. The molecule has 6 fully saturated rings. The van der Waals surface area contributed by atoms with Crippen molar-refractivity contribution in [3.05, 3.63) is 100.0 Å². The molecule has 4 amide bonds. The van der Waals surface area contributed by atoms with E-state index >= 15 is 0 Å². The predicted molar refractivity (Wildman–Crippen MR) is 343 cm³/mol. The largest absolute Gasteiger partial charge is 0.475 e. The second-order valence-corrected chi connectivity index (χ2v) is 28.8. The van der Waals surface area contributed by atoms with Gasteiger partial charge in [0.25, 0.3) is 17.5 Å². The number of pyridine rings is 1. The van der Waals surface area contributed by atoms with Gasteiger partial charge < -0.3 is 29.9 Å². The van der Waals surface area contributed by atoms with Gasteiger partial charge >= 0.3 is 5.97 Å². The van der Waals surface area contributed by atoms with Crippen LogP contribution in [0.25, 0.3) is 21.3 Å². The number of ether oxygens (including phenoxy) is 1. The van der Waals surface area contributed by atoms with Crippen molar-refractivity contribution in [2.45, 2.75) is 187 Å². The Hall–Kier alpha value is -7.29. The fourth-order valence-corrected chi connectivity index (χ4v) is 18.2. The fourth-order valence-electron chi connectivity index (χ4n) is 17.3. The van der Waals surface area contributed by atoms with Gasteiger partial charge in [-0.25, -0.2) is 14.4 Å². The normalized spacial score (nSPS) is 24.7. The zero-order valence-corrected chi connectivity index (χ0v) is 53.2. The average molecular weight is 1230 g/mol. The quantitative estimate of drug-likeness (QED) is 0.0292. The first kappa shape index (κ1) is 60.6. The van der Waals surface area contributed by atoms with Crippen molar-refractivity contribution < 1.29 is 33.8 Å². The van der Waals surface area contributed by atoms with Gasteiger partial charge in [-0.05, 0) is 162 Å². The summed E-state index contributed by atoms with van der Waals surface area (Å²) in [7, 11) is 2.23. The zero-order valence-electron chi connectivity index (χ0n) is 52.4. The number of aromatic nitrogens is 6. The van der Waals surface area contributed by atoms with Gasteiger partial charge in [0.1, 0.15) is 6.04 Å². The number of benzene rings is 2. The molecule has 4 saturated carbocycles. The van der Waals surface area contributed by atoms with Crippen LogP contribution in [0.5, 0.6) is 0 Å². The monoisotopic (exact) mass is 1230 g/mol. The number of anilines is 2. The molecule has 468 valence electrons. The smallest absolute Gasteiger partial charge is 0.372 e. The van der Waals surface area contributed by atoms with E-state index < -0.39 is 17.9 Å². The van der Waals surface area contributed by atoms with E-state index in [1.807, 2.05) is 71.3 Å². The van der Waals surface area contributed by atoms with Crippen molar-refractivity contribution >= 4 is 80.0 Å². The lowest BCUT2D eigenvalue weighted by Crippen LogP contribution is -2.52. The molecule has 19 nitrogen and oxygen atoms in total. The number of unbranched alkanes of at least 4 members (excludes halogenated alkanes) is 7. The molecule has 14 rings (SSSR count). The number of piperidine rings is 2. The van der Waals surface area contributed by atoms with E-state index in [0.717, 1.165) is 153 Å². The second-order valence-electron chi connectivity index (χ2n) is 27.8. The summed E-state index contributed by atoms with van der Waals surface area (Å²) in [6.45, 7) is 14.4. The lowest BCUT2D eigenvalue weighted by Gasteiger charge is -2.46. The van der Waals surface area contributed by atoms with Crippen LogP contribution in [0.4, 0.5) is 22.6 Å². The van der Waals surface area contributed by atoms with Crippen LogP contribution in [-0.2, 0) is 38.6 Å². The van der Waals surface area contributed by atoms with E-state index in [0.29, 0.717) is 53.9 Å². The molecule has 89 heavy (non-hydrogen) atoms. The Labute approximate surface area is 525 Å². The van der Waals surface area contributed by atoms with Gasteiger partial charge in [-0.2, -0.15) is 5.10 Å². The molecular formula is C69H85N12O7S+. The van der Waals surface area contributed by atoms with Crippen molar-refractivity contribution in [3.63, 3.8) is 0 Å². The van der Waals surface area contributed by atoms with Crippen molar-refractivity contribution in [1.29, 1.82) is 0 Å². The van der Waals surface area contributed by atoms with Crippen LogP contribution in [0.1, 0.15) is 191 Å². The minimum absolute atomic E-state index is 0.0277. The Balaban J connectivity index is 0.529. The lowest BCUT2D eigenvalue weighted by molar-refractivity contribution is -0.137. The predicted octanol–water partition coefficient (Wildman–Crippen LogP) is 11.6. The second kappa shape index (κ2) is 24.5. The highest BCUT2D eigenvalue weighted by Crippen LogP contribution is 2.77. The molecule has 4 aliphatic heterocycles. The number of carboxylic acids is 1. The molecule has 4 aliphatic carbocycles. The van der Waals surface area contributed by atoms with Crippen LogP contribution in [0.3, 0.4) is 0 Å². The third-order valence-electron chi connectivity index (χ3n) is 21.2. The standard InChI is InChI=1S/C69H84N12O7S/c1-44-49-17-16-30-79(61(49)76-75-60(44)74-65-71-53-18-13-14-19-55(53)89-65)56-25-23-51(59(72-56)64(86)87)52-36-70-81(45(52)2)43-68-39-66(3)38-67(4,41-68)69(40-66,42-68)88-34-33-77(5)29-15-11-9-7-6-8-10-12-20-58(83)78-31-27-46(28-32-78)47-21-22-50-48(35-47)37-80(63(50)85)54-24-26-57(82)73-62(54)84/h13-14,18-19,21-23,25,30,35-36,46,54H,6-12,15-17,20,24,26-29,31-34,37-43H2,1-5H3,(H2-,71,73,74,75,82,84,86,87)/p+1/t54?,66?,67-,68?,69?/m0/s1. The summed E-state index contributed by atoms with van der Waals surface area (Å²) in [5, 5.41) is 31.4. The van der Waals surface area contributed by atoms with Gasteiger partial charge in [0.05, 0.1) is 28.6 Å². The number of hydrogen-bond acceptors (Lipinski definition) is 14. The van der Waals surface area contributed by atoms with Crippen molar-refractivity contribution in [3.8, 4) is 11.1 Å². The Morgan fingerprint density at radius 2 is 1.63 bits per heavy atom. The van der Waals surface area contributed by atoms with Crippen LogP contribution in [0, 0.1) is 30.1 Å². The van der Waals surface area contributed by atoms with Crippen LogP contribution in [0.15, 0.2) is 60.8 Å². The number of para-hydroxylation sites is 1. The minimum Gasteiger partial charge on any atom is -0.475 e. The summed E-state index contributed by atoms with van der Waals surface area (Å²) in [4.78, 5) is 79.2. The lowest BCUT2D eigenvalue weighted by atomic mass is 9.60. The number of imide groups is 1. The third-order valence-corrected chi connectivity index (χ3v) is 22.2. The highest BCUT2D eigenvalue weighted by Gasteiger charge is 2.74. The first-order chi connectivity index (χ1) is 42.9. The highest BCUT2D eigenvalue weighted by molar-refractivity contribution is 7.22. The molecule has 4 aromatic heterocycles. The summed E-state index contributed by atoms with van der Waals surface area (Å²) < 4.78 is 12.3. The Bertz CT molecular complexity index is 3760. The van der Waals surface area contributed by atoms with E-state index in [1.165, 1.54) is 44.1 Å². The molecule has 8 aliphatic rings. The van der Waals surface area contributed by atoms with E-state index in [1.54, 1.807) is 16.2 Å². The molecule has 2 aromatic carbocycles. The van der Waals surface area contributed by atoms with Crippen LogP contribution >= 0.6 is 11.3 Å². The molecule has 3 N–H and O–H groups in total. The van der Waals surface area contributed by atoms with Gasteiger partial charge in [-0.3, -0.25) is 29.2 Å². The average Bonchev–Trinajstić information content (AvgIpc) is 1.51. The van der Waals surface area contributed by atoms with Gasteiger partial charge in [-0.1, -0.05) is 98.1 Å². The fraction of sp³-hybridized carbons (Fsp3) is 0.551. The first-order valence-electron chi connectivity index (χ1n) is 32.7. The summed E-state index contributed by atoms with van der Waals surface area (Å²) in [6.07, 6.45) is 23.1. The van der Waals surface area contributed by atoms with E-state index in [2.05, 4.69) is 70.4 Å². The number of fused-ring (bicyclic) bond motifs is 3. The van der Waals surface area contributed by atoms with Gasteiger partial charge in [0.2, 0.25) is 23.4 Å². The maximum Gasteiger partial charge on any atom is 0.372 e. The van der Waals surface area contributed by atoms with Crippen molar-refractivity contribution in [2.24, 2.45) is 16.2 Å². The van der Waals surface area contributed by atoms with E-state index in [9.17, 15) is 29.1 Å². The summed E-state index contributed by atoms with van der Waals surface area (Å²) in [5.41, 5.74) is 8.04. The molecular weight excluding hydrogens is 1140 g/mol. The summed E-state index contributed by atoms with van der Waals surface area (Å²) >= 11 is 1.57. The number of rotatable bonds is 24. The van der Waals surface area contributed by atoms with Crippen molar-refractivity contribution in [2.75, 3.05) is 45.2 Å². The molecule has 20 heteroatoms. The van der Waals surface area contributed by atoms with Gasteiger partial charge in [0, 0.05) is 96.5 Å². The summed E-state index contributed by atoms with van der Waals surface area (Å²) in [5.74, 6) is 0.423. The third kappa shape index (κ3) is 11.9. The topological polar surface area (TPSA) is 221 Å². The molecule has 0 radical (unpaired) electrons. The summed E-state index contributed by atoms with van der Waals surface area (Å²) in [6, 6.07) is 17.2. The number of nitrogens with one attached hydrogen (secondary N) is 2.